The highest BCUT2D eigenvalue weighted by Gasteiger charge is 2.13. The van der Waals surface area contributed by atoms with E-state index in [1.54, 1.807) is 6.92 Å². The second-order valence-corrected chi connectivity index (χ2v) is 4.81. The zero-order valence-electron chi connectivity index (χ0n) is 11.7. The predicted octanol–water partition coefficient (Wildman–Crippen LogP) is 2.87. The zero-order chi connectivity index (χ0) is 14.7. The Hall–Kier alpha value is -2.75. The molecule has 0 atom stereocenters. The van der Waals surface area contributed by atoms with Crippen LogP contribution in [0.15, 0.2) is 54.6 Å². The van der Waals surface area contributed by atoms with Gasteiger partial charge in [0.05, 0.1) is 16.7 Å². The standard InChI is InChI=1S/C17H15N3O/c1-12-16(20-15-10-6-5-9-14(15)19-12)17(21)18-11-13-7-3-2-4-8-13/h2-10H,11H2,1H3,(H,18,21). The fourth-order valence-electron chi connectivity index (χ4n) is 2.17. The molecule has 104 valence electrons. The van der Waals surface area contributed by atoms with Crippen LogP contribution in [0.3, 0.4) is 0 Å². The molecule has 21 heavy (non-hydrogen) atoms. The number of aromatic nitrogens is 2. The molecule has 0 saturated carbocycles. The van der Waals surface area contributed by atoms with Gasteiger partial charge in [0.25, 0.3) is 5.91 Å². The largest absolute Gasteiger partial charge is 0.347 e. The van der Waals surface area contributed by atoms with E-state index in [9.17, 15) is 4.79 Å². The summed E-state index contributed by atoms with van der Waals surface area (Å²) < 4.78 is 0. The van der Waals surface area contributed by atoms with E-state index < -0.39 is 0 Å². The van der Waals surface area contributed by atoms with Crippen molar-refractivity contribution in [3.05, 3.63) is 71.5 Å². The first-order valence-electron chi connectivity index (χ1n) is 6.79. The van der Waals surface area contributed by atoms with Crippen LogP contribution in [0.1, 0.15) is 21.7 Å². The van der Waals surface area contributed by atoms with Crippen LogP contribution in [-0.2, 0) is 6.54 Å². The summed E-state index contributed by atoms with van der Waals surface area (Å²) in [4.78, 5) is 21.1. The van der Waals surface area contributed by atoms with Crippen molar-refractivity contribution in [3.63, 3.8) is 0 Å². The van der Waals surface area contributed by atoms with Gasteiger partial charge in [-0.1, -0.05) is 42.5 Å². The van der Waals surface area contributed by atoms with Gasteiger partial charge in [-0.25, -0.2) is 9.97 Å². The number of carbonyl (C=O) groups excluding carboxylic acids is 1. The Labute approximate surface area is 122 Å². The van der Waals surface area contributed by atoms with Gasteiger partial charge in [-0.05, 0) is 24.6 Å². The summed E-state index contributed by atoms with van der Waals surface area (Å²) in [6, 6.07) is 17.3. The van der Waals surface area contributed by atoms with Gasteiger partial charge in [0.15, 0.2) is 0 Å². The van der Waals surface area contributed by atoms with E-state index >= 15 is 0 Å². The quantitative estimate of drug-likeness (QED) is 0.801. The molecule has 0 unspecified atom stereocenters. The molecule has 1 N–H and O–H groups in total. The third-order valence-electron chi connectivity index (χ3n) is 3.26. The second kappa shape index (κ2) is 5.71. The van der Waals surface area contributed by atoms with E-state index in [-0.39, 0.29) is 5.91 Å². The summed E-state index contributed by atoms with van der Waals surface area (Å²) in [5.74, 6) is -0.199. The average Bonchev–Trinajstić information content (AvgIpc) is 2.53. The van der Waals surface area contributed by atoms with Gasteiger partial charge in [0, 0.05) is 6.54 Å². The lowest BCUT2D eigenvalue weighted by molar-refractivity contribution is 0.0945. The minimum absolute atomic E-state index is 0.199. The van der Waals surface area contributed by atoms with E-state index in [1.165, 1.54) is 0 Å². The maximum absolute atomic E-state index is 12.3. The third-order valence-corrected chi connectivity index (χ3v) is 3.26. The van der Waals surface area contributed by atoms with Crippen LogP contribution >= 0.6 is 0 Å². The van der Waals surface area contributed by atoms with Crippen LogP contribution in [0.4, 0.5) is 0 Å². The minimum Gasteiger partial charge on any atom is -0.347 e. The number of amides is 1. The first-order chi connectivity index (χ1) is 10.2. The maximum atomic E-state index is 12.3. The number of carbonyl (C=O) groups is 1. The van der Waals surface area contributed by atoms with Gasteiger partial charge in [-0.3, -0.25) is 4.79 Å². The van der Waals surface area contributed by atoms with Gasteiger partial charge in [0.1, 0.15) is 5.69 Å². The summed E-state index contributed by atoms with van der Waals surface area (Å²) in [5.41, 5.74) is 3.60. The molecule has 4 nitrogen and oxygen atoms in total. The number of hydrogen-bond acceptors (Lipinski definition) is 3. The van der Waals surface area contributed by atoms with Gasteiger partial charge in [-0.15, -0.1) is 0 Å². The van der Waals surface area contributed by atoms with E-state index in [0.29, 0.717) is 17.9 Å². The number of nitrogens with zero attached hydrogens (tertiary/aromatic N) is 2. The predicted molar refractivity (Wildman–Crippen MR) is 81.9 cm³/mol. The van der Waals surface area contributed by atoms with Crippen molar-refractivity contribution in [3.8, 4) is 0 Å². The lowest BCUT2D eigenvalue weighted by atomic mass is 10.2. The molecular weight excluding hydrogens is 262 g/mol. The molecule has 0 saturated heterocycles. The Morgan fingerprint density at radius 2 is 1.57 bits per heavy atom. The second-order valence-electron chi connectivity index (χ2n) is 4.81. The molecule has 3 rings (SSSR count). The van der Waals surface area contributed by atoms with Crippen molar-refractivity contribution in [2.45, 2.75) is 13.5 Å². The lowest BCUT2D eigenvalue weighted by Gasteiger charge is -2.08. The van der Waals surface area contributed by atoms with Crippen LogP contribution in [-0.4, -0.2) is 15.9 Å². The fourth-order valence-corrected chi connectivity index (χ4v) is 2.17. The number of para-hydroxylation sites is 2. The van der Waals surface area contributed by atoms with Crippen LogP contribution in [0.25, 0.3) is 11.0 Å². The van der Waals surface area contributed by atoms with E-state index in [4.69, 9.17) is 0 Å². The van der Waals surface area contributed by atoms with Crippen molar-refractivity contribution < 1.29 is 4.79 Å². The highest BCUT2D eigenvalue weighted by molar-refractivity contribution is 5.95. The van der Waals surface area contributed by atoms with Crippen LogP contribution in [0.2, 0.25) is 0 Å². The molecule has 0 aliphatic carbocycles. The monoisotopic (exact) mass is 277 g/mol. The summed E-state index contributed by atoms with van der Waals surface area (Å²) in [6.45, 7) is 2.28. The first-order valence-corrected chi connectivity index (χ1v) is 6.79. The van der Waals surface area contributed by atoms with Crippen molar-refractivity contribution >= 4 is 16.9 Å². The van der Waals surface area contributed by atoms with Crippen molar-refractivity contribution in [1.82, 2.24) is 15.3 Å². The number of benzene rings is 2. The summed E-state index contributed by atoms with van der Waals surface area (Å²) in [6.07, 6.45) is 0. The summed E-state index contributed by atoms with van der Waals surface area (Å²) >= 11 is 0. The molecule has 0 aliphatic rings. The Balaban J connectivity index is 1.82. The van der Waals surface area contributed by atoms with E-state index in [0.717, 1.165) is 16.6 Å². The Morgan fingerprint density at radius 1 is 0.952 bits per heavy atom. The fraction of sp³-hybridized carbons (Fsp3) is 0.118. The first kappa shape index (κ1) is 13.2. The van der Waals surface area contributed by atoms with Gasteiger partial charge >= 0.3 is 0 Å². The maximum Gasteiger partial charge on any atom is 0.272 e. The molecule has 0 fully saturated rings. The van der Waals surface area contributed by atoms with Gasteiger partial charge in [-0.2, -0.15) is 0 Å². The number of hydrogen-bond donors (Lipinski definition) is 1. The highest BCUT2D eigenvalue weighted by Crippen LogP contribution is 2.12. The molecule has 0 bridgehead atoms. The molecule has 1 heterocycles. The van der Waals surface area contributed by atoms with E-state index in [2.05, 4.69) is 15.3 Å². The van der Waals surface area contributed by atoms with Crippen molar-refractivity contribution in [1.29, 1.82) is 0 Å². The van der Waals surface area contributed by atoms with Crippen molar-refractivity contribution in [2.24, 2.45) is 0 Å². The number of aryl methyl sites for hydroxylation is 1. The number of fused-ring (bicyclic) bond motifs is 1. The SMILES string of the molecule is Cc1nc2ccccc2nc1C(=O)NCc1ccccc1. The third kappa shape index (κ3) is 2.89. The van der Waals surface area contributed by atoms with Crippen LogP contribution in [0.5, 0.6) is 0 Å². The molecular formula is C17H15N3O. The molecule has 1 aromatic heterocycles. The normalized spacial score (nSPS) is 10.5. The Bertz CT molecular complexity index is 784. The molecule has 3 aromatic rings. The molecule has 1 amide bonds. The van der Waals surface area contributed by atoms with Crippen LogP contribution in [0, 0.1) is 6.92 Å². The topological polar surface area (TPSA) is 54.9 Å². The Kier molecular flexibility index (Phi) is 3.60. The molecule has 0 spiro atoms. The zero-order valence-corrected chi connectivity index (χ0v) is 11.7. The van der Waals surface area contributed by atoms with Crippen molar-refractivity contribution in [2.75, 3.05) is 0 Å². The molecule has 0 radical (unpaired) electrons. The number of nitrogens with one attached hydrogen (secondary N) is 1. The van der Waals surface area contributed by atoms with Gasteiger partial charge < -0.3 is 5.32 Å². The highest BCUT2D eigenvalue weighted by atomic mass is 16.1. The smallest absolute Gasteiger partial charge is 0.272 e. The Morgan fingerprint density at radius 3 is 2.29 bits per heavy atom. The lowest BCUT2D eigenvalue weighted by Crippen LogP contribution is -2.25. The molecule has 0 aliphatic heterocycles. The summed E-state index contributed by atoms with van der Waals surface area (Å²) in [7, 11) is 0. The van der Waals surface area contributed by atoms with Gasteiger partial charge in [0.2, 0.25) is 0 Å². The number of rotatable bonds is 3. The molecule has 4 heteroatoms. The summed E-state index contributed by atoms with van der Waals surface area (Å²) in [5, 5.41) is 2.88. The average molecular weight is 277 g/mol. The van der Waals surface area contributed by atoms with Crippen LogP contribution < -0.4 is 5.32 Å². The van der Waals surface area contributed by atoms with E-state index in [1.807, 2.05) is 54.6 Å². The molecule has 2 aromatic carbocycles. The minimum atomic E-state index is -0.199.